The van der Waals surface area contributed by atoms with Crippen LogP contribution in [0.5, 0.6) is 0 Å². The molecular formula is C22H22N2O2. The molecule has 4 heteroatoms. The van der Waals surface area contributed by atoms with Crippen LogP contribution in [0, 0.1) is 0 Å². The summed E-state index contributed by atoms with van der Waals surface area (Å²) in [5.74, 6) is 0.895. The Hall–Kier alpha value is -2.88. The summed E-state index contributed by atoms with van der Waals surface area (Å²) >= 11 is 0. The fourth-order valence-corrected chi connectivity index (χ4v) is 3.47. The lowest BCUT2D eigenvalue weighted by molar-refractivity contribution is -0.116. The number of hydrogen-bond donors (Lipinski definition) is 1. The predicted molar refractivity (Wildman–Crippen MR) is 103 cm³/mol. The number of hydrogen-bond acceptors (Lipinski definition) is 3. The van der Waals surface area contributed by atoms with Gasteiger partial charge in [-0.2, -0.15) is 0 Å². The van der Waals surface area contributed by atoms with E-state index in [0.717, 1.165) is 48.4 Å². The molecule has 1 aliphatic carbocycles. The largest absolute Gasteiger partial charge is 0.355 e. The van der Waals surface area contributed by atoms with Gasteiger partial charge in [-0.05, 0) is 49.1 Å². The highest BCUT2D eigenvalue weighted by Gasteiger charge is 2.24. The van der Waals surface area contributed by atoms with Crippen molar-refractivity contribution in [1.29, 1.82) is 0 Å². The Balaban J connectivity index is 1.57. The van der Waals surface area contributed by atoms with E-state index in [4.69, 9.17) is 4.52 Å². The van der Waals surface area contributed by atoms with E-state index in [0.29, 0.717) is 6.42 Å². The number of aryl methyl sites for hydroxylation is 1. The summed E-state index contributed by atoms with van der Waals surface area (Å²) < 4.78 is 5.70. The van der Waals surface area contributed by atoms with Gasteiger partial charge in [-0.1, -0.05) is 42.8 Å². The highest BCUT2D eigenvalue weighted by molar-refractivity contribution is 5.91. The quantitative estimate of drug-likeness (QED) is 0.688. The van der Waals surface area contributed by atoms with Gasteiger partial charge in [0.05, 0.1) is 0 Å². The van der Waals surface area contributed by atoms with E-state index < -0.39 is 0 Å². The van der Waals surface area contributed by atoms with Crippen LogP contribution in [0.3, 0.4) is 0 Å². The molecule has 3 aromatic rings. The summed E-state index contributed by atoms with van der Waals surface area (Å²) in [5.41, 5.74) is 6.43. The van der Waals surface area contributed by atoms with E-state index in [1.807, 2.05) is 30.3 Å². The zero-order chi connectivity index (χ0) is 17.9. The molecule has 1 aliphatic rings. The molecule has 2 aromatic carbocycles. The average molecular weight is 346 g/mol. The van der Waals surface area contributed by atoms with E-state index >= 15 is 0 Å². The van der Waals surface area contributed by atoms with Gasteiger partial charge < -0.3 is 9.84 Å². The first-order valence-corrected chi connectivity index (χ1v) is 9.23. The Morgan fingerprint density at radius 1 is 1.12 bits per heavy atom. The molecule has 26 heavy (non-hydrogen) atoms. The van der Waals surface area contributed by atoms with Crippen molar-refractivity contribution in [3.05, 3.63) is 59.7 Å². The van der Waals surface area contributed by atoms with Crippen LogP contribution >= 0.6 is 0 Å². The van der Waals surface area contributed by atoms with Crippen LogP contribution in [-0.2, 0) is 17.6 Å². The number of carbonyl (C=O) groups is 1. The number of benzene rings is 2. The zero-order valence-corrected chi connectivity index (χ0v) is 14.9. The number of aromatic nitrogens is 1. The number of anilines is 1. The number of nitrogens with one attached hydrogen (secondary N) is 1. The van der Waals surface area contributed by atoms with Crippen LogP contribution in [0.4, 0.5) is 5.69 Å². The molecule has 132 valence electrons. The first-order valence-electron chi connectivity index (χ1n) is 9.23. The molecule has 0 radical (unpaired) electrons. The van der Waals surface area contributed by atoms with Crippen molar-refractivity contribution in [1.82, 2.24) is 5.16 Å². The smallest absolute Gasteiger partial charge is 0.224 e. The number of rotatable bonds is 5. The molecule has 4 rings (SSSR count). The van der Waals surface area contributed by atoms with Gasteiger partial charge in [0.25, 0.3) is 0 Å². The fraction of sp³-hybridized carbons (Fsp3) is 0.273. The second-order valence-corrected chi connectivity index (χ2v) is 6.73. The molecule has 0 spiro atoms. The lowest BCUT2D eigenvalue weighted by atomic mass is 9.88. The maximum atomic E-state index is 11.9. The molecular weight excluding hydrogens is 324 g/mol. The third kappa shape index (κ3) is 3.15. The maximum absolute atomic E-state index is 11.9. The van der Waals surface area contributed by atoms with Crippen molar-refractivity contribution in [3.63, 3.8) is 0 Å². The van der Waals surface area contributed by atoms with E-state index in [9.17, 15) is 4.79 Å². The van der Waals surface area contributed by atoms with Gasteiger partial charge >= 0.3 is 0 Å². The second-order valence-electron chi connectivity index (χ2n) is 6.73. The van der Waals surface area contributed by atoms with E-state index in [1.165, 1.54) is 16.7 Å². The van der Waals surface area contributed by atoms with Gasteiger partial charge in [0, 0.05) is 28.8 Å². The number of nitrogens with zero attached hydrogens (tertiary/aromatic N) is 1. The van der Waals surface area contributed by atoms with Crippen molar-refractivity contribution in [3.8, 4) is 22.6 Å². The lowest BCUT2D eigenvalue weighted by Gasteiger charge is -2.14. The van der Waals surface area contributed by atoms with Crippen LogP contribution in [0.25, 0.3) is 22.6 Å². The standard InChI is InChI=1S/C22H22N2O2/c1-2-3-8-20(25)23-17-12-9-16(10-13-17)22-19-14-11-15-6-4-5-7-18(15)21(19)24-26-22/h4-7,9-10,12-13H,2-3,8,11,14H2,1H3,(H,23,25). The minimum absolute atomic E-state index is 0.0632. The monoisotopic (exact) mass is 346 g/mol. The topological polar surface area (TPSA) is 55.1 Å². The van der Waals surface area contributed by atoms with Crippen LogP contribution in [0.2, 0.25) is 0 Å². The van der Waals surface area contributed by atoms with Gasteiger partial charge in [0.2, 0.25) is 5.91 Å². The molecule has 0 atom stereocenters. The average Bonchev–Trinajstić information content (AvgIpc) is 3.11. The van der Waals surface area contributed by atoms with Gasteiger partial charge in [0.15, 0.2) is 5.76 Å². The first kappa shape index (κ1) is 16.6. The minimum Gasteiger partial charge on any atom is -0.355 e. The highest BCUT2D eigenvalue weighted by atomic mass is 16.5. The SMILES string of the molecule is CCCCC(=O)Nc1ccc(-c2onc3c2CCc2ccccc2-3)cc1. The third-order valence-corrected chi connectivity index (χ3v) is 4.89. The summed E-state index contributed by atoms with van der Waals surface area (Å²) in [5, 5.41) is 7.27. The number of fused-ring (bicyclic) bond motifs is 3. The summed E-state index contributed by atoms with van der Waals surface area (Å²) in [6.07, 6.45) is 4.43. The minimum atomic E-state index is 0.0632. The van der Waals surface area contributed by atoms with Crippen molar-refractivity contribution in [2.75, 3.05) is 5.32 Å². The van der Waals surface area contributed by atoms with Gasteiger partial charge in [-0.15, -0.1) is 0 Å². The van der Waals surface area contributed by atoms with Crippen molar-refractivity contribution >= 4 is 11.6 Å². The summed E-state index contributed by atoms with van der Waals surface area (Å²) in [6, 6.07) is 16.2. The predicted octanol–water partition coefficient (Wildman–Crippen LogP) is 5.24. The zero-order valence-electron chi connectivity index (χ0n) is 14.9. The van der Waals surface area contributed by atoms with Crippen LogP contribution in [0.1, 0.15) is 37.3 Å². The molecule has 1 heterocycles. The number of amides is 1. The van der Waals surface area contributed by atoms with Crippen LogP contribution < -0.4 is 5.32 Å². The second kappa shape index (κ2) is 7.16. The molecule has 0 aliphatic heterocycles. The van der Waals surface area contributed by atoms with Crippen molar-refractivity contribution in [2.24, 2.45) is 0 Å². The number of carbonyl (C=O) groups excluding carboxylic acids is 1. The molecule has 0 saturated carbocycles. The van der Waals surface area contributed by atoms with E-state index in [2.05, 4.69) is 35.6 Å². The van der Waals surface area contributed by atoms with Crippen LogP contribution in [0.15, 0.2) is 53.1 Å². The summed E-state index contributed by atoms with van der Waals surface area (Å²) in [6.45, 7) is 2.08. The van der Waals surface area contributed by atoms with Crippen LogP contribution in [-0.4, -0.2) is 11.1 Å². The molecule has 0 bridgehead atoms. The maximum Gasteiger partial charge on any atom is 0.224 e. The van der Waals surface area contributed by atoms with E-state index in [-0.39, 0.29) is 5.91 Å². The molecule has 4 nitrogen and oxygen atoms in total. The molecule has 0 fully saturated rings. The van der Waals surface area contributed by atoms with Gasteiger partial charge in [-0.25, -0.2) is 0 Å². The molecule has 1 aromatic heterocycles. The van der Waals surface area contributed by atoms with Crippen molar-refractivity contribution in [2.45, 2.75) is 39.0 Å². The normalized spacial score (nSPS) is 12.3. The third-order valence-electron chi connectivity index (χ3n) is 4.89. The first-order chi connectivity index (χ1) is 12.8. The molecule has 0 saturated heterocycles. The molecule has 1 N–H and O–H groups in total. The Labute approximate surface area is 153 Å². The van der Waals surface area contributed by atoms with Crippen molar-refractivity contribution < 1.29 is 9.32 Å². The van der Waals surface area contributed by atoms with Gasteiger partial charge in [-0.3, -0.25) is 4.79 Å². The summed E-state index contributed by atoms with van der Waals surface area (Å²) in [4.78, 5) is 11.9. The van der Waals surface area contributed by atoms with Gasteiger partial charge in [0.1, 0.15) is 5.69 Å². The molecule has 1 amide bonds. The highest BCUT2D eigenvalue weighted by Crippen LogP contribution is 2.38. The lowest BCUT2D eigenvalue weighted by Crippen LogP contribution is -2.10. The Morgan fingerprint density at radius 3 is 2.73 bits per heavy atom. The number of unbranched alkanes of at least 4 members (excludes halogenated alkanes) is 1. The summed E-state index contributed by atoms with van der Waals surface area (Å²) in [7, 11) is 0. The fourth-order valence-electron chi connectivity index (χ4n) is 3.47. The molecule has 0 unspecified atom stereocenters. The van der Waals surface area contributed by atoms with E-state index in [1.54, 1.807) is 0 Å². The Kier molecular flexibility index (Phi) is 4.57. The Morgan fingerprint density at radius 2 is 1.92 bits per heavy atom. The Bertz CT molecular complexity index is 926.